The maximum Gasteiger partial charge on any atom is 0.407 e. The molecule has 240 valence electrons. The van der Waals surface area contributed by atoms with Gasteiger partial charge in [0.05, 0.1) is 12.5 Å². The third-order valence-electron chi connectivity index (χ3n) is 7.55. The van der Waals surface area contributed by atoms with Crippen molar-refractivity contribution < 1.29 is 28.3 Å². The minimum absolute atomic E-state index is 0.0915. The van der Waals surface area contributed by atoms with E-state index in [1.165, 1.54) is 0 Å². The summed E-state index contributed by atoms with van der Waals surface area (Å²) in [4.78, 5) is 30.4. The summed E-state index contributed by atoms with van der Waals surface area (Å²) in [6, 6.07) is 29.8. The Bertz CT molecular complexity index is 1820. The topological polar surface area (TPSA) is 113 Å². The fraction of sp³-hybridized carbons (Fsp3) is 0.243. The number of hydrogen-bond donors (Lipinski definition) is 1. The summed E-state index contributed by atoms with van der Waals surface area (Å²) in [5.74, 6) is 1.31. The van der Waals surface area contributed by atoms with E-state index in [0.717, 1.165) is 22.3 Å². The average molecular weight is 652 g/mol. The first-order valence-electron chi connectivity index (χ1n) is 15.3. The number of aromatic nitrogens is 2. The number of alkyl carbamates (subject to hydrolysis) is 1. The van der Waals surface area contributed by atoms with Gasteiger partial charge in [0.15, 0.2) is 0 Å². The van der Waals surface area contributed by atoms with Crippen LogP contribution in [0.15, 0.2) is 102 Å². The number of benzene rings is 4. The maximum atomic E-state index is 13.1. The van der Waals surface area contributed by atoms with Gasteiger partial charge >= 0.3 is 12.1 Å². The lowest BCUT2D eigenvalue weighted by Crippen LogP contribution is -2.40. The molecule has 1 amide bonds. The molecular formula is C37H34ClN3O6. The van der Waals surface area contributed by atoms with Crippen molar-refractivity contribution in [2.45, 2.75) is 51.2 Å². The van der Waals surface area contributed by atoms with Crippen molar-refractivity contribution in [1.29, 1.82) is 0 Å². The Hall–Kier alpha value is -5.15. The van der Waals surface area contributed by atoms with Crippen LogP contribution in [0, 0.1) is 0 Å². The number of fused-ring (bicyclic) bond motifs is 3. The molecule has 0 saturated heterocycles. The van der Waals surface area contributed by atoms with Crippen molar-refractivity contribution in [3.8, 4) is 34.0 Å². The van der Waals surface area contributed by atoms with Crippen LogP contribution in [0.3, 0.4) is 0 Å². The molecule has 1 aliphatic rings. The smallest absolute Gasteiger partial charge is 0.407 e. The molecule has 1 aliphatic carbocycles. The molecule has 1 heterocycles. The molecule has 1 atom stereocenters. The average Bonchev–Trinajstić information content (AvgIpc) is 3.63. The maximum absolute atomic E-state index is 13.1. The third kappa shape index (κ3) is 7.99. The van der Waals surface area contributed by atoms with Crippen LogP contribution in [0.4, 0.5) is 4.79 Å². The fourth-order valence-electron chi connectivity index (χ4n) is 5.54. The van der Waals surface area contributed by atoms with E-state index in [1.54, 1.807) is 57.2 Å². The van der Waals surface area contributed by atoms with E-state index in [-0.39, 0.29) is 31.3 Å². The molecule has 0 fully saturated rings. The Labute approximate surface area is 277 Å². The van der Waals surface area contributed by atoms with E-state index in [2.05, 4.69) is 39.7 Å². The molecular weight excluding hydrogens is 618 g/mol. The Kier molecular flexibility index (Phi) is 9.26. The van der Waals surface area contributed by atoms with Gasteiger partial charge in [-0.2, -0.15) is 4.98 Å². The lowest BCUT2D eigenvalue weighted by Gasteiger charge is -2.22. The van der Waals surface area contributed by atoms with Gasteiger partial charge < -0.3 is 24.1 Å². The fourth-order valence-corrected chi connectivity index (χ4v) is 5.67. The van der Waals surface area contributed by atoms with Crippen LogP contribution in [-0.2, 0) is 20.7 Å². The van der Waals surface area contributed by atoms with E-state index in [4.69, 9.17) is 30.3 Å². The first-order chi connectivity index (χ1) is 22.6. The summed E-state index contributed by atoms with van der Waals surface area (Å²) in [6.07, 6.45) is -0.680. The van der Waals surface area contributed by atoms with Gasteiger partial charge in [0.25, 0.3) is 0 Å². The molecule has 0 unspecified atom stereocenters. The molecule has 47 heavy (non-hydrogen) atoms. The second-order valence-corrected chi connectivity index (χ2v) is 12.7. The molecule has 6 rings (SSSR count). The van der Waals surface area contributed by atoms with Crippen molar-refractivity contribution in [3.63, 3.8) is 0 Å². The minimum Gasteiger partial charge on any atom is -0.460 e. The lowest BCUT2D eigenvalue weighted by molar-refractivity contribution is -0.155. The highest BCUT2D eigenvalue weighted by atomic mass is 35.5. The molecule has 10 heteroatoms. The van der Waals surface area contributed by atoms with Gasteiger partial charge in [-0.15, -0.1) is 0 Å². The van der Waals surface area contributed by atoms with Crippen molar-refractivity contribution in [2.75, 3.05) is 6.61 Å². The Balaban J connectivity index is 1.12. The predicted molar refractivity (Wildman–Crippen MR) is 177 cm³/mol. The van der Waals surface area contributed by atoms with E-state index >= 15 is 0 Å². The first kappa shape index (κ1) is 31.8. The van der Waals surface area contributed by atoms with Crippen LogP contribution in [0.25, 0.3) is 22.5 Å². The van der Waals surface area contributed by atoms with Gasteiger partial charge in [0.1, 0.15) is 23.7 Å². The van der Waals surface area contributed by atoms with Crippen LogP contribution in [0.2, 0.25) is 5.02 Å². The number of ether oxygens (including phenoxy) is 3. The number of nitrogens with zero attached hydrogens (tertiary/aromatic N) is 2. The Morgan fingerprint density at radius 3 is 2.09 bits per heavy atom. The number of rotatable bonds is 10. The van der Waals surface area contributed by atoms with Crippen LogP contribution in [0.1, 0.15) is 50.1 Å². The zero-order valence-electron chi connectivity index (χ0n) is 26.2. The van der Waals surface area contributed by atoms with Gasteiger partial charge in [-0.3, -0.25) is 4.79 Å². The van der Waals surface area contributed by atoms with Gasteiger partial charge in [0.2, 0.25) is 11.7 Å². The molecule has 5 aromatic rings. The molecule has 1 N–H and O–H groups in total. The van der Waals surface area contributed by atoms with Crippen molar-refractivity contribution in [3.05, 3.63) is 119 Å². The van der Waals surface area contributed by atoms with E-state index < -0.39 is 23.7 Å². The molecule has 0 spiro atoms. The molecule has 0 radical (unpaired) electrons. The van der Waals surface area contributed by atoms with Crippen molar-refractivity contribution in [1.82, 2.24) is 15.5 Å². The summed E-state index contributed by atoms with van der Waals surface area (Å²) < 4.78 is 22.6. The molecule has 1 aromatic heterocycles. The second-order valence-electron chi connectivity index (χ2n) is 12.3. The highest BCUT2D eigenvalue weighted by Crippen LogP contribution is 2.44. The number of nitrogens with one attached hydrogen (secondary N) is 1. The van der Waals surface area contributed by atoms with Gasteiger partial charge in [-0.1, -0.05) is 65.3 Å². The molecule has 0 bridgehead atoms. The minimum atomic E-state index is -0.719. The summed E-state index contributed by atoms with van der Waals surface area (Å²) in [6.45, 7) is 5.50. The van der Waals surface area contributed by atoms with Gasteiger partial charge in [0, 0.05) is 22.9 Å². The SMILES string of the molecule is CC(C)(C)OC(=O)C[C@@H](Cc1nc(-c2ccc(Oc3ccc(Cl)cc3)cc2)no1)NC(=O)OCC1c2ccccc2-c2ccccc21. The number of halogens is 1. The van der Waals surface area contributed by atoms with Crippen LogP contribution in [0.5, 0.6) is 11.5 Å². The summed E-state index contributed by atoms with van der Waals surface area (Å²) in [5, 5.41) is 7.56. The normalized spacial score (nSPS) is 12.9. The molecule has 9 nitrogen and oxygen atoms in total. The second kappa shape index (κ2) is 13.7. The van der Waals surface area contributed by atoms with E-state index in [9.17, 15) is 9.59 Å². The standard InChI is InChI=1S/C37H34ClN3O6/c1-37(2,3)46-34(42)21-25(39-36(43)44-22-32-30-10-6-4-8-28(30)29-9-5-7-11-31(29)32)20-33-40-35(41-47-33)23-12-16-26(17-13-23)45-27-18-14-24(38)15-19-27/h4-19,25,32H,20-22H2,1-3H3,(H,39,43)/t25-/m1/s1. The van der Waals surface area contributed by atoms with Crippen molar-refractivity contribution >= 4 is 23.7 Å². The summed E-state index contributed by atoms with van der Waals surface area (Å²) in [7, 11) is 0. The van der Waals surface area contributed by atoms with E-state index in [1.807, 2.05) is 36.4 Å². The highest BCUT2D eigenvalue weighted by molar-refractivity contribution is 6.30. The Morgan fingerprint density at radius 1 is 0.872 bits per heavy atom. The summed E-state index contributed by atoms with van der Waals surface area (Å²) >= 11 is 5.95. The zero-order valence-corrected chi connectivity index (χ0v) is 27.0. The summed E-state index contributed by atoms with van der Waals surface area (Å²) in [5.41, 5.74) is 4.50. The Morgan fingerprint density at radius 2 is 1.47 bits per heavy atom. The first-order valence-corrected chi connectivity index (χ1v) is 15.7. The number of esters is 1. The van der Waals surface area contributed by atoms with Crippen LogP contribution < -0.4 is 10.1 Å². The number of hydrogen-bond acceptors (Lipinski definition) is 8. The monoisotopic (exact) mass is 651 g/mol. The zero-order chi connectivity index (χ0) is 33.0. The van der Waals surface area contributed by atoms with Crippen molar-refractivity contribution in [2.24, 2.45) is 0 Å². The van der Waals surface area contributed by atoms with E-state index in [0.29, 0.717) is 27.9 Å². The van der Waals surface area contributed by atoms with Crippen LogP contribution >= 0.6 is 11.6 Å². The lowest BCUT2D eigenvalue weighted by atomic mass is 9.98. The molecule has 4 aromatic carbocycles. The van der Waals surface area contributed by atoms with Crippen LogP contribution in [-0.4, -0.2) is 40.5 Å². The number of carbonyl (C=O) groups excluding carboxylic acids is 2. The number of amides is 1. The quantitative estimate of drug-likeness (QED) is 0.150. The third-order valence-corrected chi connectivity index (χ3v) is 7.80. The molecule has 0 aliphatic heterocycles. The predicted octanol–water partition coefficient (Wildman–Crippen LogP) is 8.36. The van der Waals surface area contributed by atoms with Gasteiger partial charge in [-0.05, 0) is 91.6 Å². The number of carbonyl (C=O) groups is 2. The van der Waals surface area contributed by atoms with Gasteiger partial charge in [-0.25, -0.2) is 4.79 Å². The largest absolute Gasteiger partial charge is 0.460 e. The molecule has 0 saturated carbocycles. The highest BCUT2D eigenvalue weighted by Gasteiger charge is 2.30.